The van der Waals surface area contributed by atoms with Gasteiger partial charge >= 0.3 is 0 Å². The summed E-state index contributed by atoms with van der Waals surface area (Å²) < 4.78 is 39.1. The van der Waals surface area contributed by atoms with Gasteiger partial charge in [0.05, 0.1) is 6.61 Å². The van der Waals surface area contributed by atoms with E-state index in [4.69, 9.17) is 9.47 Å². The standard InChI is InChI=1S/C22H25F2N5O3/c1-3-31-16-4-6-17(7-5-16)32-14(2)21(30)28-10-8-15(9-11-28)18-12-19(20(23)24)29-22(27-18)25-13-26-29/h4-7,12-15,20H,3,8-11H2,1-2H3/t14-/m1/s1. The number of hydrogen-bond donors (Lipinski definition) is 0. The third-order valence-electron chi connectivity index (χ3n) is 5.54. The van der Waals surface area contributed by atoms with E-state index in [0.29, 0.717) is 44.0 Å². The van der Waals surface area contributed by atoms with Crippen molar-refractivity contribution in [3.05, 3.63) is 48.0 Å². The van der Waals surface area contributed by atoms with Crippen LogP contribution in [0.25, 0.3) is 5.78 Å². The Morgan fingerprint density at radius 2 is 1.88 bits per heavy atom. The Bertz CT molecular complexity index is 1070. The quantitative estimate of drug-likeness (QED) is 0.552. The predicted octanol–water partition coefficient (Wildman–Crippen LogP) is 3.63. The van der Waals surface area contributed by atoms with Crippen LogP contribution >= 0.6 is 0 Å². The van der Waals surface area contributed by atoms with Crippen molar-refractivity contribution >= 4 is 11.7 Å². The fraction of sp³-hybridized carbons (Fsp3) is 0.455. The summed E-state index contributed by atoms with van der Waals surface area (Å²) in [5.74, 6) is 1.36. The van der Waals surface area contributed by atoms with Gasteiger partial charge in [0.2, 0.25) is 0 Å². The number of carbonyl (C=O) groups excluding carboxylic acids is 1. The number of piperidine rings is 1. The number of halogens is 2. The van der Waals surface area contributed by atoms with Crippen LogP contribution in [0.15, 0.2) is 36.7 Å². The molecule has 32 heavy (non-hydrogen) atoms. The maximum Gasteiger partial charge on any atom is 0.280 e. The number of ether oxygens (including phenoxy) is 2. The van der Waals surface area contributed by atoms with Gasteiger partial charge < -0.3 is 14.4 Å². The van der Waals surface area contributed by atoms with Crippen molar-refractivity contribution in [3.8, 4) is 11.5 Å². The second-order valence-corrected chi connectivity index (χ2v) is 7.64. The normalized spacial score (nSPS) is 15.8. The third kappa shape index (κ3) is 4.63. The molecule has 1 atom stereocenters. The summed E-state index contributed by atoms with van der Waals surface area (Å²) >= 11 is 0. The fourth-order valence-corrected chi connectivity index (χ4v) is 3.91. The fourth-order valence-electron chi connectivity index (χ4n) is 3.91. The van der Waals surface area contributed by atoms with Gasteiger partial charge in [0, 0.05) is 24.7 Å². The average Bonchev–Trinajstić information content (AvgIpc) is 3.28. The zero-order valence-corrected chi connectivity index (χ0v) is 17.9. The lowest BCUT2D eigenvalue weighted by molar-refractivity contribution is -0.139. The van der Waals surface area contributed by atoms with E-state index in [0.717, 1.165) is 10.3 Å². The number of alkyl halides is 2. The summed E-state index contributed by atoms with van der Waals surface area (Å²) in [5.41, 5.74) is 0.338. The maximum absolute atomic E-state index is 13.4. The monoisotopic (exact) mass is 445 g/mol. The Morgan fingerprint density at radius 1 is 1.19 bits per heavy atom. The van der Waals surface area contributed by atoms with E-state index >= 15 is 0 Å². The van der Waals surface area contributed by atoms with Crippen molar-refractivity contribution in [1.82, 2.24) is 24.5 Å². The number of fused-ring (bicyclic) bond motifs is 1. The van der Waals surface area contributed by atoms with Crippen molar-refractivity contribution in [2.24, 2.45) is 0 Å². The second-order valence-electron chi connectivity index (χ2n) is 7.64. The topological polar surface area (TPSA) is 81.9 Å². The SMILES string of the molecule is CCOc1ccc(O[C@H](C)C(=O)N2CCC(c3cc(C(F)F)n4ncnc4n3)CC2)cc1. The molecule has 0 unspecified atom stereocenters. The second kappa shape index (κ2) is 9.46. The summed E-state index contributed by atoms with van der Waals surface area (Å²) in [6, 6.07) is 8.54. The van der Waals surface area contributed by atoms with Crippen LogP contribution < -0.4 is 9.47 Å². The molecule has 0 spiro atoms. The highest BCUT2D eigenvalue weighted by Gasteiger charge is 2.29. The van der Waals surface area contributed by atoms with Crippen LogP contribution in [-0.2, 0) is 4.79 Å². The first-order chi connectivity index (χ1) is 15.5. The van der Waals surface area contributed by atoms with Crippen LogP contribution in [0, 0.1) is 0 Å². The van der Waals surface area contributed by atoms with E-state index in [9.17, 15) is 13.6 Å². The number of carbonyl (C=O) groups is 1. The maximum atomic E-state index is 13.4. The Morgan fingerprint density at radius 3 is 2.53 bits per heavy atom. The van der Waals surface area contributed by atoms with Crippen LogP contribution in [0.2, 0.25) is 0 Å². The molecule has 1 aliphatic rings. The van der Waals surface area contributed by atoms with Gasteiger partial charge in [0.1, 0.15) is 23.5 Å². The van der Waals surface area contributed by atoms with Gasteiger partial charge in [-0.2, -0.15) is 14.6 Å². The average molecular weight is 445 g/mol. The predicted molar refractivity (Wildman–Crippen MR) is 112 cm³/mol. The first kappa shape index (κ1) is 21.9. The van der Waals surface area contributed by atoms with Crippen LogP contribution in [0.3, 0.4) is 0 Å². The molecular formula is C22H25F2N5O3. The third-order valence-corrected chi connectivity index (χ3v) is 5.54. The van der Waals surface area contributed by atoms with Gasteiger partial charge in [0.25, 0.3) is 18.1 Å². The molecule has 4 rings (SSSR count). The highest BCUT2D eigenvalue weighted by molar-refractivity contribution is 5.81. The van der Waals surface area contributed by atoms with Crippen molar-refractivity contribution < 1.29 is 23.0 Å². The van der Waals surface area contributed by atoms with Crippen molar-refractivity contribution in [1.29, 1.82) is 0 Å². The summed E-state index contributed by atoms with van der Waals surface area (Å²) in [4.78, 5) is 22.9. The minimum atomic E-state index is -2.68. The zero-order valence-electron chi connectivity index (χ0n) is 17.9. The molecule has 1 aliphatic heterocycles. The molecule has 0 radical (unpaired) electrons. The lowest BCUT2D eigenvalue weighted by Gasteiger charge is -2.33. The van der Waals surface area contributed by atoms with Crippen LogP contribution in [0.5, 0.6) is 11.5 Å². The Balaban J connectivity index is 1.37. The largest absolute Gasteiger partial charge is 0.494 e. The lowest BCUT2D eigenvalue weighted by atomic mass is 9.92. The molecule has 10 heteroatoms. The molecule has 3 heterocycles. The van der Waals surface area contributed by atoms with Gasteiger partial charge in [-0.1, -0.05) is 0 Å². The molecule has 1 saturated heterocycles. The van der Waals surface area contributed by atoms with Gasteiger partial charge in [-0.15, -0.1) is 0 Å². The van der Waals surface area contributed by atoms with Crippen LogP contribution in [0.1, 0.15) is 50.4 Å². The lowest BCUT2D eigenvalue weighted by Crippen LogP contribution is -2.44. The number of hydrogen-bond acceptors (Lipinski definition) is 6. The van der Waals surface area contributed by atoms with Crippen molar-refractivity contribution in [2.75, 3.05) is 19.7 Å². The van der Waals surface area contributed by atoms with Crippen LogP contribution in [-0.4, -0.2) is 56.2 Å². The molecule has 3 aromatic rings. The van der Waals surface area contributed by atoms with Crippen LogP contribution in [0.4, 0.5) is 8.78 Å². The van der Waals surface area contributed by atoms with E-state index in [1.165, 1.54) is 12.4 Å². The van der Waals surface area contributed by atoms with E-state index in [2.05, 4.69) is 15.1 Å². The molecule has 0 aliphatic carbocycles. The Kier molecular flexibility index (Phi) is 6.48. The summed E-state index contributed by atoms with van der Waals surface area (Å²) in [5, 5.41) is 3.82. The molecule has 1 amide bonds. The van der Waals surface area contributed by atoms with Gasteiger partial charge in [-0.05, 0) is 57.0 Å². The number of nitrogens with zero attached hydrogens (tertiary/aromatic N) is 5. The number of aromatic nitrogens is 4. The molecule has 0 N–H and O–H groups in total. The zero-order chi connectivity index (χ0) is 22.7. The highest BCUT2D eigenvalue weighted by Crippen LogP contribution is 2.30. The highest BCUT2D eigenvalue weighted by atomic mass is 19.3. The van der Waals surface area contributed by atoms with Crippen molar-refractivity contribution in [3.63, 3.8) is 0 Å². The molecule has 1 fully saturated rings. The Hall–Kier alpha value is -3.30. The minimum absolute atomic E-state index is 0.0272. The minimum Gasteiger partial charge on any atom is -0.494 e. The van der Waals surface area contributed by atoms with E-state index in [-0.39, 0.29) is 23.3 Å². The van der Waals surface area contributed by atoms with Crippen molar-refractivity contribution in [2.45, 2.75) is 45.1 Å². The Labute approximate surface area is 184 Å². The summed E-state index contributed by atoms with van der Waals surface area (Å²) in [7, 11) is 0. The number of amides is 1. The first-order valence-corrected chi connectivity index (χ1v) is 10.6. The van der Waals surface area contributed by atoms with Gasteiger partial charge in [-0.25, -0.2) is 13.8 Å². The van der Waals surface area contributed by atoms with Gasteiger partial charge in [0.15, 0.2) is 6.10 Å². The molecule has 170 valence electrons. The van der Waals surface area contributed by atoms with E-state index in [1.54, 1.807) is 36.1 Å². The van der Waals surface area contributed by atoms with E-state index < -0.39 is 12.5 Å². The smallest absolute Gasteiger partial charge is 0.280 e. The summed E-state index contributed by atoms with van der Waals surface area (Å²) in [6.07, 6.45) is -0.850. The van der Waals surface area contributed by atoms with E-state index in [1.807, 2.05) is 6.92 Å². The molecule has 0 bridgehead atoms. The number of rotatable bonds is 7. The molecule has 8 nitrogen and oxygen atoms in total. The number of likely N-dealkylation sites (tertiary alicyclic amines) is 1. The molecular weight excluding hydrogens is 420 g/mol. The number of benzene rings is 1. The molecule has 0 saturated carbocycles. The summed E-state index contributed by atoms with van der Waals surface area (Å²) in [6.45, 7) is 5.22. The van der Waals surface area contributed by atoms with Gasteiger partial charge in [-0.3, -0.25) is 4.79 Å². The first-order valence-electron chi connectivity index (χ1n) is 10.6. The molecule has 2 aromatic heterocycles. The molecule has 1 aromatic carbocycles.